The van der Waals surface area contributed by atoms with Crippen molar-refractivity contribution < 1.29 is 18.3 Å². The van der Waals surface area contributed by atoms with Crippen molar-refractivity contribution in [1.29, 1.82) is 0 Å². The molecule has 1 fully saturated rings. The van der Waals surface area contributed by atoms with Gasteiger partial charge in [0, 0.05) is 22.3 Å². The van der Waals surface area contributed by atoms with Gasteiger partial charge in [0.25, 0.3) is 5.56 Å². The van der Waals surface area contributed by atoms with Crippen LogP contribution < -0.4 is 5.56 Å². The molecule has 0 amide bonds. The number of aromatic nitrogens is 3. The molecular formula is C19H17ClF3N3O2. The Kier molecular flexibility index (Phi) is 4.61. The molecule has 0 unspecified atom stereocenters. The maximum atomic E-state index is 13.7. The summed E-state index contributed by atoms with van der Waals surface area (Å²) in [6, 6.07) is 4.17. The maximum Gasteiger partial charge on any atom is 0.433 e. The monoisotopic (exact) mass is 411 g/mol. The molecule has 2 N–H and O–H groups in total. The lowest BCUT2D eigenvalue weighted by Gasteiger charge is -2.22. The number of halogens is 4. The Hall–Kier alpha value is -2.48. The fourth-order valence-electron chi connectivity index (χ4n) is 3.94. The summed E-state index contributed by atoms with van der Waals surface area (Å²) in [5.41, 5.74) is -1.47. The molecule has 0 saturated heterocycles. The number of phenols is 1. The number of aromatic hydroxyl groups is 1. The van der Waals surface area contributed by atoms with E-state index in [-0.39, 0.29) is 39.0 Å². The van der Waals surface area contributed by atoms with Crippen LogP contribution in [0.2, 0.25) is 5.02 Å². The number of H-pyrrole nitrogens is 1. The summed E-state index contributed by atoms with van der Waals surface area (Å²) >= 11 is 5.81. The molecular weight excluding hydrogens is 395 g/mol. The summed E-state index contributed by atoms with van der Waals surface area (Å²) in [6.07, 6.45) is 0.531. The van der Waals surface area contributed by atoms with E-state index in [1.54, 1.807) is 0 Å². The summed E-state index contributed by atoms with van der Waals surface area (Å²) < 4.78 is 41.9. The van der Waals surface area contributed by atoms with E-state index < -0.39 is 17.4 Å². The van der Waals surface area contributed by atoms with Gasteiger partial charge in [-0.25, -0.2) is 9.50 Å². The van der Waals surface area contributed by atoms with E-state index in [2.05, 4.69) is 10.1 Å². The van der Waals surface area contributed by atoms with Crippen LogP contribution >= 0.6 is 11.6 Å². The van der Waals surface area contributed by atoms with E-state index in [0.717, 1.165) is 23.8 Å². The Balaban J connectivity index is 1.95. The first-order valence-corrected chi connectivity index (χ1v) is 9.35. The van der Waals surface area contributed by atoms with Crippen molar-refractivity contribution in [2.24, 2.45) is 0 Å². The van der Waals surface area contributed by atoms with Gasteiger partial charge in [-0.05, 0) is 37.0 Å². The summed E-state index contributed by atoms with van der Waals surface area (Å²) in [5.74, 6) is -0.547. The Morgan fingerprint density at radius 3 is 2.54 bits per heavy atom. The fraction of sp³-hybridized carbons (Fsp3) is 0.368. The highest BCUT2D eigenvalue weighted by atomic mass is 35.5. The molecule has 1 aromatic carbocycles. The molecule has 1 saturated carbocycles. The predicted molar refractivity (Wildman–Crippen MR) is 98.8 cm³/mol. The molecule has 0 aliphatic heterocycles. The second-order valence-corrected chi connectivity index (χ2v) is 7.47. The quantitative estimate of drug-likeness (QED) is 0.615. The van der Waals surface area contributed by atoms with Crippen molar-refractivity contribution in [3.63, 3.8) is 0 Å². The molecule has 3 aromatic rings. The number of alkyl halides is 3. The van der Waals surface area contributed by atoms with E-state index in [1.165, 1.54) is 24.4 Å². The molecule has 1 aliphatic rings. The average molecular weight is 412 g/mol. The van der Waals surface area contributed by atoms with E-state index >= 15 is 0 Å². The molecule has 0 bridgehead atoms. The topological polar surface area (TPSA) is 70.4 Å². The van der Waals surface area contributed by atoms with Crippen LogP contribution in [0.15, 0.2) is 29.2 Å². The zero-order valence-corrected chi connectivity index (χ0v) is 15.4. The van der Waals surface area contributed by atoms with Gasteiger partial charge in [0.1, 0.15) is 11.4 Å². The number of nitrogens with one attached hydrogen (secondary N) is 1. The Bertz CT molecular complexity index is 1100. The molecule has 148 valence electrons. The molecule has 2 aromatic heterocycles. The highest BCUT2D eigenvalue weighted by molar-refractivity contribution is 6.30. The van der Waals surface area contributed by atoms with Crippen molar-refractivity contribution >= 4 is 17.2 Å². The number of rotatable bonds is 2. The van der Waals surface area contributed by atoms with Crippen LogP contribution in [0.1, 0.15) is 49.3 Å². The lowest BCUT2D eigenvalue weighted by atomic mass is 9.84. The van der Waals surface area contributed by atoms with Crippen molar-refractivity contribution in [3.05, 3.63) is 51.0 Å². The van der Waals surface area contributed by atoms with Gasteiger partial charge in [0.15, 0.2) is 5.65 Å². The molecule has 2 heterocycles. The third-order valence-corrected chi connectivity index (χ3v) is 5.48. The standard InChI is InChI=1S/C19H17ClF3N3O2/c20-11-6-7-12(14(27)8-11)13-9-24-17-15(10-4-2-1-3-5-10)16(19(21,22)23)25-26(17)18(13)28/h6-10,25,27H,1-5H2. The molecule has 0 atom stereocenters. The molecule has 0 spiro atoms. The van der Waals surface area contributed by atoms with Crippen molar-refractivity contribution in [2.45, 2.75) is 44.2 Å². The van der Waals surface area contributed by atoms with Gasteiger partial charge in [-0.15, -0.1) is 0 Å². The first-order chi connectivity index (χ1) is 13.3. The number of phenolic OH excluding ortho intramolecular Hbond substituents is 1. The van der Waals surface area contributed by atoms with Gasteiger partial charge in [-0.2, -0.15) is 13.2 Å². The molecule has 0 radical (unpaired) electrons. The third-order valence-electron chi connectivity index (χ3n) is 5.24. The molecule has 9 heteroatoms. The number of aromatic amines is 1. The van der Waals surface area contributed by atoms with Crippen LogP contribution in [-0.4, -0.2) is 19.7 Å². The Labute approximate surface area is 162 Å². The van der Waals surface area contributed by atoms with Crippen LogP contribution in [0.25, 0.3) is 16.8 Å². The van der Waals surface area contributed by atoms with Gasteiger partial charge in [0.2, 0.25) is 0 Å². The number of hydrogen-bond donors (Lipinski definition) is 2. The van der Waals surface area contributed by atoms with Gasteiger partial charge in [0.05, 0.1) is 5.56 Å². The van der Waals surface area contributed by atoms with Crippen LogP contribution in [0.5, 0.6) is 5.75 Å². The smallest absolute Gasteiger partial charge is 0.433 e. The van der Waals surface area contributed by atoms with E-state index in [1.807, 2.05) is 0 Å². The molecule has 4 rings (SSSR count). The van der Waals surface area contributed by atoms with Crippen LogP contribution in [0, 0.1) is 0 Å². The second-order valence-electron chi connectivity index (χ2n) is 7.03. The zero-order valence-electron chi connectivity index (χ0n) is 14.7. The zero-order chi connectivity index (χ0) is 20.1. The first kappa shape index (κ1) is 18.9. The average Bonchev–Trinajstić information content (AvgIpc) is 3.04. The van der Waals surface area contributed by atoms with Crippen LogP contribution in [-0.2, 0) is 6.18 Å². The minimum atomic E-state index is -4.63. The fourth-order valence-corrected chi connectivity index (χ4v) is 4.11. The van der Waals surface area contributed by atoms with Gasteiger partial charge in [-0.3, -0.25) is 9.89 Å². The largest absolute Gasteiger partial charge is 0.507 e. The minimum absolute atomic E-state index is 0.0126. The SMILES string of the molecule is O=c1c(-c2ccc(Cl)cc2O)cnc2c(C3CCCCC3)c(C(F)(F)F)[nH]n12. The van der Waals surface area contributed by atoms with Crippen LogP contribution in [0.4, 0.5) is 13.2 Å². The number of nitrogens with zero attached hydrogens (tertiary/aromatic N) is 2. The highest BCUT2D eigenvalue weighted by Gasteiger charge is 2.40. The number of hydrogen-bond acceptors (Lipinski definition) is 3. The minimum Gasteiger partial charge on any atom is -0.507 e. The lowest BCUT2D eigenvalue weighted by molar-refractivity contribution is -0.142. The summed E-state index contributed by atoms with van der Waals surface area (Å²) in [5, 5.41) is 12.6. The maximum absolute atomic E-state index is 13.7. The Morgan fingerprint density at radius 1 is 1.18 bits per heavy atom. The van der Waals surface area contributed by atoms with Gasteiger partial charge in [-0.1, -0.05) is 30.9 Å². The van der Waals surface area contributed by atoms with Crippen molar-refractivity contribution in [2.75, 3.05) is 0 Å². The number of benzene rings is 1. The highest BCUT2D eigenvalue weighted by Crippen LogP contribution is 2.41. The number of fused-ring (bicyclic) bond motifs is 1. The predicted octanol–water partition coefficient (Wildman–Crippen LogP) is 5.12. The lowest BCUT2D eigenvalue weighted by Crippen LogP contribution is -2.18. The molecule has 5 nitrogen and oxygen atoms in total. The van der Waals surface area contributed by atoms with E-state index in [4.69, 9.17) is 11.6 Å². The molecule has 1 aliphatic carbocycles. The summed E-state index contributed by atoms with van der Waals surface area (Å²) in [4.78, 5) is 17.1. The van der Waals surface area contributed by atoms with Crippen molar-refractivity contribution in [1.82, 2.24) is 14.6 Å². The van der Waals surface area contributed by atoms with E-state index in [0.29, 0.717) is 12.8 Å². The summed E-state index contributed by atoms with van der Waals surface area (Å²) in [6.45, 7) is 0. The second kappa shape index (κ2) is 6.84. The van der Waals surface area contributed by atoms with Gasteiger partial charge >= 0.3 is 6.18 Å². The van der Waals surface area contributed by atoms with E-state index in [9.17, 15) is 23.1 Å². The first-order valence-electron chi connectivity index (χ1n) is 8.97. The summed E-state index contributed by atoms with van der Waals surface area (Å²) in [7, 11) is 0. The molecule has 28 heavy (non-hydrogen) atoms. The normalized spacial score (nSPS) is 16.0. The van der Waals surface area contributed by atoms with Crippen LogP contribution in [0.3, 0.4) is 0 Å². The van der Waals surface area contributed by atoms with Crippen molar-refractivity contribution in [3.8, 4) is 16.9 Å². The Morgan fingerprint density at radius 2 is 1.89 bits per heavy atom. The third kappa shape index (κ3) is 3.15. The van der Waals surface area contributed by atoms with Gasteiger partial charge < -0.3 is 5.11 Å².